The molecule has 0 amide bonds. The summed E-state index contributed by atoms with van der Waals surface area (Å²) < 4.78 is 1.69. The highest BCUT2D eigenvalue weighted by molar-refractivity contribution is 5.85. The maximum Gasteiger partial charge on any atom is 0.309 e. The molecule has 0 atom stereocenters. The number of imidazole rings is 1. The normalized spacial score (nSPS) is 8.82. The molecule has 0 saturated heterocycles. The lowest BCUT2D eigenvalue weighted by atomic mass is 10.3. The molecule has 1 aromatic heterocycles. The zero-order chi connectivity index (χ0) is 7.56. The van der Waals surface area contributed by atoms with Crippen molar-refractivity contribution in [2.24, 2.45) is 7.05 Å². The van der Waals surface area contributed by atoms with Gasteiger partial charge in [0.15, 0.2) is 0 Å². The van der Waals surface area contributed by atoms with Crippen LogP contribution in [-0.4, -0.2) is 20.6 Å². The molecule has 0 aliphatic carbocycles. The lowest BCUT2D eigenvalue weighted by Crippen LogP contribution is -2.04. The van der Waals surface area contributed by atoms with Crippen molar-refractivity contribution in [3.05, 3.63) is 18.2 Å². The van der Waals surface area contributed by atoms with Gasteiger partial charge >= 0.3 is 5.97 Å². The van der Waals surface area contributed by atoms with Crippen molar-refractivity contribution < 1.29 is 9.90 Å². The van der Waals surface area contributed by atoms with E-state index in [1.54, 1.807) is 24.1 Å². The van der Waals surface area contributed by atoms with E-state index in [2.05, 4.69) is 4.98 Å². The van der Waals surface area contributed by atoms with Gasteiger partial charge in [-0.15, -0.1) is 12.4 Å². The smallest absolute Gasteiger partial charge is 0.309 e. The minimum absolute atomic E-state index is 0. The molecule has 0 bridgehead atoms. The lowest BCUT2D eigenvalue weighted by Gasteiger charge is -1.95. The first-order valence-electron chi connectivity index (χ1n) is 2.87. The van der Waals surface area contributed by atoms with Crippen LogP contribution >= 0.6 is 12.4 Å². The topological polar surface area (TPSA) is 55.1 Å². The van der Waals surface area contributed by atoms with E-state index in [0.29, 0.717) is 5.69 Å². The third-order valence-electron chi connectivity index (χ3n) is 1.25. The van der Waals surface area contributed by atoms with E-state index in [1.807, 2.05) is 0 Å². The molecule has 1 N–H and O–H groups in total. The lowest BCUT2D eigenvalue weighted by molar-refractivity contribution is -0.136. The molecular formula is C6H9ClN2O2. The van der Waals surface area contributed by atoms with Gasteiger partial charge in [-0.3, -0.25) is 4.79 Å². The predicted octanol–water partition coefficient (Wildman–Crippen LogP) is 0.469. The number of hydrogen-bond donors (Lipinski definition) is 1. The predicted molar refractivity (Wildman–Crippen MR) is 41.8 cm³/mol. The third kappa shape index (κ3) is 2.59. The number of carbonyl (C=O) groups is 1. The minimum atomic E-state index is -0.830. The van der Waals surface area contributed by atoms with E-state index in [1.165, 1.54) is 0 Å². The first kappa shape index (κ1) is 9.97. The molecule has 5 heteroatoms. The fourth-order valence-electron chi connectivity index (χ4n) is 0.710. The van der Waals surface area contributed by atoms with Crippen molar-refractivity contribution in [2.45, 2.75) is 6.42 Å². The Bertz CT molecular complexity index is 246. The Hall–Kier alpha value is -1.03. The van der Waals surface area contributed by atoms with Crippen molar-refractivity contribution in [3.8, 4) is 0 Å². The fourth-order valence-corrected chi connectivity index (χ4v) is 0.710. The van der Waals surface area contributed by atoms with Crippen molar-refractivity contribution in [2.75, 3.05) is 0 Å². The molecule has 0 fully saturated rings. The van der Waals surface area contributed by atoms with Crippen LogP contribution in [0.4, 0.5) is 0 Å². The third-order valence-corrected chi connectivity index (χ3v) is 1.25. The first-order chi connectivity index (χ1) is 4.70. The number of rotatable bonds is 2. The summed E-state index contributed by atoms with van der Waals surface area (Å²) in [6, 6.07) is 0. The van der Waals surface area contributed by atoms with E-state index in [9.17, 15) is 4.79 Å². The number of halogens is 1. The number of aromatic nitrogens is 2. The number of aryl methyl sites for hydroxylation is 1. The largest absolute Gasteiger partial charge is 0.481 e. The average Bonchev–Trinajstić information content (AvgIpc) is 2.15. The van der Waals surface area contributed by atoms with Gasteiger partial charge in [0.1, 0.15) is 0 Å². The maximum atomic E-state index is 10.2. The Morgan fingerprint density at radius 1 is 1.82 bits per heavy atom. The molecule has 1 aromatic rings. The number of hydrogen-bond acceptors (Lipinski definition) is 2. The number of carboxylic acid groups (broad SMARTS) is 1. The van der Waals surface area contributed by atoms with Crippen LogP contribution in [0.15, 0.2) is 12.5 Å². The molecule has 62 valence electrons. The monoisotopic (exact) mass is 176 g/mol. The van der Waals surface area contributed by atoms with Gasteiger partial charge in [0.25, 0.3) is 0 Å². The van der Waals surface area contributed by atoms with Crippen LogP contribution < -0.4 is 0 Å². The minimum Gasteiger partial charge on any atom is -0.481 e. The highest BCUT2D eigenvalue weighted by atomic mass is 35.5. The Balaban J connectivity index is 0.000001000. The van der Waals surface area contributed by atoms with Gasteiger partial charge in [0.05, 0.1) is 12.7 Å². The molecular weight excluding hydrogens is 168 g/mol. The molecule has 0 unspecified atom stereocenters. The van der Waals surface area contributed by atoms with E-state index >= 15 is 0 Å². The zero-order valence-corrected chi connectivity index (χ0v) is 6.84. The summed E-state index contributed by atoms with van der Waals surface area (Å²) in [6.07, 6.45) is 3.17. The maximum absolute atomic E-state index is 10.2. The summed E-state index contributed by atoms with van der Waals surface area (Å²) >= 11 is 0. The Kier molecular flexibility index (Phi) is 3.60. The van der Waals surface area contributed by atoms with Crippen molar-refractivity contribution in [1.29, 1.82) is 0 Å². The molecule has 4 nitrogen and oxygen atoms in total. The second-order valence-electron chi connectivity index (χ2n) is 2.07. The Morgan fingerprint density at radius 2 is 2.45 bits per heavy atom. The molecule has 0 spiro atoms. The molecule has 0 aliphatic heterocycles. The van der Waals surface area contributed by atoms with Gasteiger partial charge in [0, 0.05) is 18.9 Å². The van der Waals surface area contributed by atoms with Gasteiger partial charge in [-0.2, -0.15) is 0 Å². The standard InChI is InChI=1S/C6H8N2O2.ClH/c1-8-4-7-3-5(8)2-6(9)10;/h3-4H,2H2,1H3,(H,9,10);1H. The van der Waals surface area contributed by atoms with Gasteiger partial charge in [-0.25, -0.2) is 4.98 Å². The van der Waals surface area contributed by atoms with Gasteiger partial charge in [0.2, 0.25) is 0 Å². The summed E-state index contributed by atoms with van der Waals surface area (Å²) in [4.78, 5) is 14.0. The highest BCUT2D eigenvalue weighted by Gasteiger charge is 2.02. The van der Waals surface area contributed by atoms with E-state index in [4.69, 9.17) is 5.11 Å². The van der Waals surface area contributed by atoms with E-state index in [0.717, 1.165) is 0 Å². The van der Waals surface area contributed by atoms with Crippen LogP contribution in [-0.2, 0) is 18.3 Å². The van der Waals surface area contributed by atoms with Crippen molar-refractivity contribution in [1.82, 2.24) is 9.55 Å². The highest BCUT2D eigenvalue weighted by Crippen LogP contribution is 1.96. The van der Waals surface area contributed by atoms with Crippen molar-refractivity contribution in [3.63, 3.8) is 0 Å². The van der Waals surface area contributed by atoms with Gasteiger partial charge in [-0.1, -0.05) is 0 Å². The molecule has 1 rings (SSSR count). The number of aliphatic carboxylic acids is 1. The second-order valence-corrected chi connectivity index (χ2v) is 2.07. The van der Waals surface area contributed by atoms with Crippen LogP contribution in [0.1, 0.15) is 5.69 Å². The summed E-state index contributed by atoms with van der Waals surface area (Å²) in [5.41, 5.74) is 0.715. The van der Waals surface area contributed by atoms with Crippen LogP contribution in [0.2, 0.25) is 0 Å². The molecule has 11 heavy (non-hydrogen) atoms. The quantitative estimate of drug-likeness (QED) is 0.713. The average molecular weight is 177 g/mol. The Labute approximate surface area is 70.3 Å². The summed E-state index contributed by atoms with van der Waals surface area (Å²) in [6.45, 7) is 0. The molecule has 0 saturated carbocycles. The molecule has 0 aromatic carbocycles. The summed E-state index contributed by atoms with van der Waals surface area (Å²) in [5, 5.41) is 8.37. The first-order valence-corrected chi connectivity index (χ1v) is 2.87. The SMILES string of the molecule is Cl.Cn1cncc1CC(=O)O. The zero-order valence-electron chi connectivity index (χ0n) is 6.02. The van der Waals surface area contributed by atoms with Crippen LogP contribution in [0, 0.1) is 0 Å². The number of carboxylic acids is 1. The van der Waals surface area contributed by atoms with Crippen molar-refractivity contribution >= 4 is 18.4 Å². The molecule has 1 heterocycles. The summed E-state index contributed by atoms with van der Waals surface area (Å²) in [5.74, 6) is -0.830. The van der Waals surface area contributed by atoms with E-state index < -0.39 is 5.97 Å². The van der Waals surface area contributed by atoms with Gasteiger partial charge in [-0.05, 0) is 0 Å². The molecule has 0 aliphatic rings. The van der Waals surface area contributed by atoms with Crippen LogP contribution in [0.25, 0.3) is 0 Å². The summed E-state index contributed by atoms with van der Waals surface area (Å²) in [7, 11) is 1.77. The van der Waals surface area contributed by atoms with Crippen LogP contribution in [0.3, 0.4) is 0 Å². The Morgan fingerprint density at radius 3 is 2.82 bits per heavy atom. The molecule has 0 radical (unpaired) electrons. The fraction of sp³-hybridized carbons (Fsp3) is 0.333. The van der Waals surface area contributed by atoms with Gasteiger partial charge < -0.3 is 9.67 Å². The number of nitrogens with zero attached hydrogens (tertiary/aromatic N) is 2. The van der Waals surface area contributed by atoms with E-state index in [-0.39, 0.29) is 18.8 Å². The van der Waals surface area contributed by atoms with Crippen LogP contribution in [0.5, 0.6) is 0 Å². The second kappa shape index (κ2) is 3.98.